The van der Waals surface area contributed by atoms with Crippen molar-refractivity contribution in [3.05, 3.63) is 121 Å². The Hall–Kier alpha value is -5.97. The van der Waals surface area contributed by atoms with Gasteiger partial charge in [-0.3, -0.25) is 10.7 Å². The highest BCUT2D eigenvalue weighted by atomic mass is 16.7. The number of ether oxygens (including phenoxy) is 1. The molecule has 5 rings (SSSR count). The molecule has 0 bridgehead atoms. The van der Waals surface area contributed by atoms with Crippen molar-refractivity contribution in [2.75, 3.05) is 28.3 Å². The number of hydrogen-bond donors (Lipinski definition) is 3. The molecule has 2 amide bonds. The predicted molar refractivity (Wildman–Crippen MR) is 164 cm³/mol. The molecule has 3 N–H and O–H groups in total. The van der Waals surface area contributed by atoms with E-state index in [1.54, 1.807) is 24.3 Å². The molecule has 0 spiro atoms. The summed E-state index contributed by atoms with van der Waals surface area (Å²) in [7, 11) is 1.51. The van der Waals surface area contributed by atoms with E-state index in [9.17, 15) is 9.59 Å². The maximum Gasteiger partial charge on any atom is 0.335 e. The van der Waals surface area contributed by atoms with E-state index in [2.05, 4.69) is 31.0 Å². The van der Waals surface area contributed by atoms with E-state index in [0.717, 1.165) is 21.9 Å². The van der Waals surface area contributed by atoms with Crippen LogP contribution in [0.3, 0.4) is 0 Å². The lowest BCUT2D eigenvalue weighted by Gasteiger charge is -2.24. The van der Waals surface area contributed by atoms with E-state index in [1.807, 2.05) is 84.9 Å². The summed E-state index contributed by atoms with van der Waals surface area (Å²) in [6, 6.07) is 33.3. The molecule has 0 aliphatic rings. The van der Waals surface area contributed by atoms with Crippen LogP contribution in [0.15, 0.2) is 116 Å². The number of amides is 2. The maximum absolute atomic E-state index is 13.0. The van der Waals surface area contributed by atoms with Gasteiger partial charge in [-0.05, 0) is 35.7 Å². The number of anilines is 4. The summed E-state index contributed by atoms with van der Waals surface area (Å²) in [5, 5.41) is 6.34. The minimum absolute atomic E-state index is 0.0569. The standard InChI is InChI=1S/C32H29N7O4/c1-42-28-19-11-10-18-27(28)35-32(41)37-30-33-22-34-31(36-30)39(43-29(40)21-20-23-12-4-2-5-13-23)38-26-17-9-8-16-25(26)24-14-6-3-7-15-24/h2-19,22,38H,20-21H2,1H3,(H2,33,34,35,36,37,41). The Morgan fingerprint density at radius 3 is 2.21 bits per heavy atom. The smallest absolute Gasteiger partial charge is 0.335 e. The first-order valence-electron chi connectivity index (χ1n) is 13.4. The van der Waals surface area contributed by atoms with Crippen molar-refractivity contribution < 1.29 is 19.2 Å². The van der Waals surface area contributed by atoms with Crippen LogP contribution in [-0.2, 0) is 16.1 Å². The molecule has 0 atom stereocenters. The number of urea groups is 1. The molecular formula is C32H29N7O4. The molecule has 11 nitrogen and oxygen atoms in total. The second-order valence-corrected chi connectivity index (χ2v) is 9.16. The number of para-hydroxylation sites is 3. The zero-order chi connectivity index (χ0) is 29.9. The summed E-state index contributed by atoms with van der Waals surface area (Å²) in [4.78, 5) is 44.0. The van der Waals surface area contributed by atoms with Gasteiger partial charge in [-0.1, -0.05) is 96.2 Å². The largest absolute Gasteiger partial charge is 0.495 e. The SMILES string of the molecule is COc1ccccc1NC(=O)Nc1ncnc(N(Nc2ccccc2-c2ccccc2)OC(=O)CCc2ccccc2)n1. The van der Waals surface area contributed by atoms with E-state index in [-0.39, 0.29) is 18.3 Å². The molecule has 11 heteroatoms. The van der Waals surface area contributed by atoms with E-state index in [0.29, 0.717) is 23.5 Å². The fourth-order valence-electron chi connectivity index (χ4n) is 4.16. The van der Waals surface area contributed by atoms with Crippen molar-refractivity contribution in [3.8, 4) is 16.9 Å². The second-order valence-electron chi connectivity index (χ2n) is 9.16. The summed E-state index contributed by atoms with van der Waals surface area (Å²) in [5.41, 5.74) is 7.03. The quantitative estimate of drug-likeness (QED) is 0.160. The summed E-state index contributed by atoms with van der Waals surface area (Å²) in [6.07, 6.45) is 1.80. The molecule has 0 aliphatic carbocycles. The van der Waals surface area contributed by atoms with Gasteiger partial charge in [0.2, 0.25) is 5.95 Å². The van der Waals surface area contributed by atoms with Gasteiger partial charge in [-0.15, -0.1) is 0 Å². The zero-order valence-electron chi connectivity index (χ0n) is 23.3. The predicted octanol–water partition coefficient (Wildman–Crippen LogP) is 6.12. The summed E-state index contributed by atoms with van der Waals surface area (Å²) in [5.74, 6) is -0.152. The Bertz CT molecular complexity index is 1670. The molecule has 0 saturated heterocycles. The van der Waals surface area contributed by atoms with Crippen molar-refractivity contribution in [1.82, 2.24) is 15.0 Å². The molecule has 216 valence electrons. The molecule has 1 heterocycles. The topological polar surface area (TPSA) is 131 Å². The maximum atomic E-state index is 13.0. The van der Waals surface area contributed by atoms with E-state index in [4.69, 9.17) is 9.57 Å². The first-order chi connectivity index (χ1) is 21.1. The van der Waals surface area contributed by atoms with Crippen LogP contribution in [0.5, 0.6) is 5.75 Å². The Balaban J connectivity index is 1.37. The van der Waals surface area contributed by atoms with E-state index >= 15 is 0 Å². The van der Waals surface area contributed by atoms with Crippen LogP contribution in [0.4, 0.5) is 28.1 Å². The van der Waals surface area contributed by atoms with Crippen LogP contribution in [0, 0.1) is 0 Å². The minimum atomic E-state index is -0.601. The number of nitrogens with one attached hydrogen (secondary N) is 3. The third kappa shape index (κ3) is 7.82. The van der Waals surface area contributed by atoms with Crippen LogP contribution in [-0.4, -0.2) is 34.1 Å². The Morgan fingerprint density at radius 2 is 1.44 bits per heavy atom. The minimum Gasteiger partial charge on any atom is -0.495 e. The number of aromatic nitrogens is 3. The average Bonchev–Trinajstić information content (AvgIpc) is 3.05. The van der Waals surface area contributed by atoms with Crippen LogP contribution < -0.4 is 26.0 Å². The zero-order valence-corrected chi connectivity index (χ0v) is 23.3. The lowest BCUT2D eigenvalue weighted by atomic mass is 10.0. The molecule has 0 radical (unpaired) electrons. The van der Waals surface area contributed by atoms with Gasteiger partial charge < -0.3 is 14.9 Å². The number of benzene rings is 4. The van der Waals surface area contributed by atoms with Gasteiger partial charge in [0.05, 0.1) is 24.9 Å². The van der Waals surface area contributed by atoms with Crippen LogP contribution in [0.25, 0.3) is 11.1 Å². The number of hydrogen-bond acceptors (Lipinski definition) is 9. The van der Waals surface area contributed by atoms with Crippen molar-refractivity contribution in [2.24, 2.45) is 0 Å². The van der Waals surface area contributed by atoms with Gasteiger partial charge in [-0.2, -0.15) is 9.97 Å². The molecule has 0 aliphatic heterocycles. The van der Waals surface area contributed by atoms with Crippen LogP contribution in [0.2, 0.25) is 0 Å². The fraction of sp³-hybridized carbons (Fsp3) is 0.0938. The molecule has 0 fully saturated rings. The number of carbonyl (C=O) groups is 2. The first kappa shape index (κ1) is 28.6. The van der Waals surface area contributed by atoms with Crippen molar-refractivity contribution in [1.29, 1.82) is 0 Å². The summed E-state index contributed by atoms with van der Waals surface area (Å²) < 4.78 is 5.28. The summed E-state index contributed by atoms with van der Waals surface area (Å²) in [6.45, 7) is 0. The van der Waals surface area contributed by atoms with Gasteiger partial charge in [0.25, 0.3) is 5.95 Å². The first-order valence-corrected chi connectivity index (χ1v) is 13.4. The van der Waals surface area contributed by atoms with Gasteiger partial charge in [-0.25, -0.2) is 14.6 Å². The normalized spacial score (nSPS) is 10.3. The van der Waals surface area contributed by atoms with E-state index in [1.165, 1.54) is 13.4 Å². The number of aryl methyl sites for hydroxylation is 1. The van der Waals surface area contributed by atoms with Gasteiger partial charge in [0.1, 0.15) is 12.1 Å². The van der Waals surface area contributed by atoms with Gasteiger partial charge >= 0.3 is 12.0 Å². The highest BCUT2D eigenvalue weighted by molar-refractivity contribution is 5.99. The monoisotopic (exact) mass is 575 g/mol. The van der Waals surface area contributed by atoms with Crippen molar-refractivity contribution in [3.63, 3.8) is 0 Å². The Kier molecular flexibility index (Phi) is 9.35. The highest BCUT2D eigenvalue weighted by Gasteiger charge is 2.20. The molecular weight excluding hydrogens is 546 g/mol. The Morgan fingerprint density at radius 1 is 0.767 bits per heavy atom. The molecule has 1 aromatic heterocycles. The average molecular weight is 576 g/mol. The lowest BCUT2D eigenvalue weighted by Crippen LogP contribution is -2.35. The van der Waals surface area contributed by atoms with Crippen LogP contribution in [0.1, 0.15) is 12.0 Å². The number of methoxy groups -OCH3 is 1. The molecule has 5 aromatic rings. The van der Waals surface area contributed by atoms with Gasteiger partial charge in [0, 0.05) is 5.56 Å². The van der Waals surface area contributed by atoms with Crippen molar-refractivity contribution in [2.45, 2.75) is 12.8 Å². The number of nitrogens with zero attached hydrogens (tertiary/aromatic N) is 4. The second kappa shape index (κ2) is 14.1. The Labute approximate surface area is 248 Å². The number of hydrazine groups is 1. The lowest BCUT2D eigenvalue weighted by molar-refractivity contribution is -0.144. The van der Waals surface area contributed by atoms with Crippen molar-refractivity contribution >= 4 is 35.3 Å². The fourth-order valence-corrected chi connectivity index (χ4v) is 4.16. The highest BCUT2D eigenvalue weighted by Crippen LogP contribution is 2.29. The van der Waals surface area contributed by atoms with Crippen LogP contribution >= 0.6 is 0 Å². The third-order valence-electron chi connectivity index (χ3n) is 6.21. The molecule has 4 aromatic carbocycles. The summed E-state index contributed by atoms with van der Waals surface area (Å²) >= 11 is 0. The molecule has 0 saturated carbocycles. The molecule has 43 heavy (non-hydrogen) atoms. The number of rotatable bonds is 11. The van der Waals surface area contributed by atoms with E-state index < -0.39 is 12.0 Å². The van der Waals surface area contributed by atoms with Gasteiger partial charge in [0.15, 0.2) is 0 Å². The number of carbonyl (C=O) groups excluding carboxylic acids is 2. The molecule has 0 unspecified atom stereocenters. The third-order valence-corrected chi connectivity index (χ3v) is 6.21.